The number of carbonyl (C=O) groups excluding carboxylic acids is 1. The summed E-state index contributed by atoms with van der Waals surface area (Å²) < 4.78 is 8.84. The van der Waals surface area contributed by atoms with Gasteiger partial charge in [0, 0.05) is 26.1 Å². The van der Waals surface area contributed by atoms with Crippen molar-refractivity contribution < 1.29 is 9.53 Å². The van der Waals surface area contributed by atoms with Gasteiger partial charge in [-0.05, 0) is 47.9 Å². The smallest absolute Gasteiger partial charge is 0.350 e. The first-order valence-corrected chi connectivity index (χ1v) is 11.2. The molecule has 0 N–H and O–H groups in total. The topological polar surface area (TPSA) is 69.4 Å². The number of carbonyl (C=O) groups is 1. The molecule has 0 saturated carbocycles. The molecule has 1 atom stereocenters. The van der Waals surface area contributed by atoms with Gasteiger partial charge in [-0.15, -0.1) is 0 Å². The van der Waals surface area contributed by atoms with Crippen LogP contribution in [0.15, 0.2) is 77.6 Å². The van der Waals surface area contributed by atoms with E-state index in [1.54, 1.807) is 11.6 Å². The quantitative estimate of drug-likeness (QED) is 0.474. The van der Waals surface area contributed by atoms with Gasteiger partial charge in [-0.2, -0.15) is 5.10 Å². The number of fused-ring (bicyclic) bond motifs is 1. The molecule has 0 aliphatic carbocycles. The van der Waals surface area contributed by atoms with Crippen molar-refractivity contribution in [3.8, 4) is 11.4 Å². The second kappa shape index (κ2) is 8.94. The summed E-state index contributed by atoms with van der Waals surface area (Å²) in [6, 6.07) is 23.4. The summed E-state index contributed by atoms with van der Waals surface area (Å²) in [7, 11) is 1.66. The van der Waals surface area contributed by atoms with E-state index in [0.29, 0.717) is 24.7 Å². The molecule has 1 unspecified atom stereocenters. The molecule has 0 spiro atoms. The van der Waals surface area contributed by atoms with Crippen LogP contribution < -0.4 is 10.4 Å². The second-order valence-electron chi connectivity index (χ2n) is 8.41. The van der Waals surface area contributed by atoms with E-state index in [-0.39, 0.29) is 24.1 Å². The Morgan fingerprint density at radius 3 is 2.61 bits per heavy atom. The van der Waals surface area contributed by atoms with Crippen molar-refractivity contribution in [2.24, 2.45) is 7.05 Å². The van der Waals surface area contributed by atoms with Crippen molar-refractivity contribution in [3.63, 3.8) is 0 Å². The SMILES string of the molecule is Cn1nc(C2CCCN(C(=O)COc3ccc4ccccc4c3)C2)n(-c2ccccc2)c1=O. The summed E-state index contributed by atoms with van der Waals surface area (Å²) in [6.45, 7) is 1.18. The molecule has 4 aromatic rings. The van der Waals surface area contributed by atoms with Crippen molar-refractivity contribution in [2.75, 3.05) is 19.7 Å². The molecule has 2 heterocycles. The third-order valence-corrected chi connectivity index (χ3v) is 6.19. The number of aryl methyl sites for hydroxylation is 1. The van der Waals surface area contributed by atoms with Gasteiger partial charge in [-0.1, -0.05) is 48.5 Å². The summed E-state index contributed by atoms with van der Waals surface area (Å²) in [5, 5.41) is 6.74. The lowest BCUT2D eigenvalue weighted by Crippen LogP contribution is -2.42. The van der Waals surface area contributed by atoms with Gasteiger partial charge >= 0.3 is 5.69 Å². The first kappa shape index (κ1) is 21.0. The van der Waals surface area contributed by atoms with Crippen molar-refractivity contribution in [2.45, 2.75) is 18.8 Å². The zero-order valence-corrected chi connectivity index (χ0v) is 18.6. The van der Waals surface area contributed by atoms with Gasteiger partial charge in [-0.25, -0.2) is 14.0 Å². The summed E-state index contributed by atoms with van der Waals surface area (Å²) in [5.74, 6) is 1.30. The van der Waals surface area contributed by atoms with E-state index in [0.717, 1.165) is 29.3 Å². The Morgan fingerprint density at radius 1 is 1.03 bits per heavy atom. The Labute approximate surface area is 191 Å². The van der Waals surface area contributed by atoms with E-state index in [1.807, 2.05) is 77.7 Å². The molecule has 33 heavy (non-hydrogen) atoms. The third-order valence-electron chi connectivity index (χ3n) is 6.19. The van der Waals surface area contributed by atoms with Gasteiger partial charge in [-0.3, -0.25) is 4.79 Å². The minimum absolute atomic E-state index is 0.0151. The largest absolute Gasteiger partial charge is 0.484 e. The van der Waals surface area contributed by atoms with Crippen molar-refractivity contribution in [1.82, 2.24) is 19.2 Å². The fourth-order valence-electron chi connectivity index (χ4n) is 4.48. The average molecular weight is 443 g/mol. The first-order chi connectivity index (χ1) is 16.1. The number of aromatic nitrogens is 3. The molecule has 7 heteroatoms. The molecule has 1 aliphatic rings. The number of rotatable bonds is 5. The monoisotopic (exact) mass is 442 g/mol. The van der Waals surface area contributed by atoms with Crippen molar-refractivity contribution in [3.05, 3.63) is 89.1 Å². The zero-order chi connectivity index (χ0) is 22.8. The molecule has 1 saturated heterocycles. The van der Waals surface area contributed by atoms with Crippen molar-refractivity contribution >= 4 is 16.7 Å². The highest BCUT2D eigenvalue weighted by molar-refractivity contribution is 5.84. The molecular weight excluding hydrogens is 416 g/mol. The predicted octanol–water partition coefficient (Wildman–Crippen LogP) is 3.51. The lowest BCUT2D eigenvalue weighted by Gasteiger charge is -2.32. The Morgan fingerprint density at radius 2 is 1.79 bits per heavy atom. The van der Waals surface area contributed by atoms with E-state index in [2.05, 4.69) is 5.10 Å². The summed E-state index contributed by atoms with van der Waals surface area (Å²) in [5.41, 5.74) is 0.605. The number of hydrogen-bond donors (Lipinski definition) is 0. The van der Waals surface area contributed by atoms with E-state index in [4.69, 9.17) is 4.74 Å². The predicted molar refractivity (Wildman–Crippen MR) is 127 cm³/mol. The van der Waals surface area contributed by atoms with Crippen LogP contribution in [0, 0.1) is 0 Å². The third kappa shape index (κ3) is 4.26. The molecule has 1 fully saturated rings. The van der Waals surface area contributed by atoms with Gasteiger partial charge in [0.25, 0.3) is 5.91 Å². The number of nitrogens with zero attached hydrogens (tertiary/aromatic N) is 4. The molecule has 7 nitrogen and oxygen atoms in total. The molecular formula is C26H26N4O3. The standard InChI is InChI=1S/C26H26N4O3/c1-28-26(32)30(22-11-3-2-4-12-22)25(27-28)21-10-7-15-29(17-21)24(31)18-33-23-14-13-19-8-5-6-9-20(19)16-23/h2-6,8-9,11-14,16,21H,7,10,15,17-18H2,1H3. The van der Waals surface area contributed by atoms with Gasteiger partial charge in [0.05, 0.1) is 5.69 Å². The molecule has 3 aromatic carbocycles. The summed E-state index contributed by atoms with van der Waals surface area (Å²) in [6.07, 6.45) is 1.73. The highest BCUT2D eigenvalue weighted by atomic mass is 16.5. The Kier molecular flexibility index (Phi) is 5.69. The normalized spacial score (nSPS) is 16.2. The van der Waals surface area contributed by atoms with E-state index in [1.165, 1.54) is 4.68 Å². The zero-order valence-electron chi connectivity index (χ0n) is 18.6. The number of para-hydroxylation sites is 1. The van der Waals surface area contributed by atoms with Crippen LogP contribution in [0.2, 0.25) is 0 Å². The van der Waals surface area contributed by atoms with Crippen LogP contribution in [0.4, 0.5) is 0 Å². The second-order valence-corrected chi connectivity index (χ2v) is 8.41. The summed E-state index contributed by atoms with van der Waals surface area (Å²) >= 11 is 0. The van der Waals surface area contributed by atoms with Gasteiger partial charge in [0.2, 0.25) is 0 Å². The molecule has 0 bridgehead atoms. The van der Waals surface area contributed by atoms with E-state index < -0.39 is 0 Å². The number of hydrogen-bond acceptors (Lipinski definition) is 4. The highest BCUT2D eigenvalue weighted by Gasteiger charge is 2.29. The van der Waals surface area contributed by atoms with Crippen LogP contribution in [0.3, 0.4) is 0 Å². The minimum atomic E-state index is -0.181. The lowest BCUT2D eigenvalue weighted by atomic mass is 9.97. The first-order valence-electron chi connectivity index (χ1n) is 11.2. The lowest BCUT2D eigenvalue weighted by molar-refractivity contribution is -0.134. The molecule has 5 rings (SSSR count). The maximum Gasteiger partial charge on any atom is 0.350 e. The number of ether oxygens (including phenoxy) is 1. The van der Waals surface area contributed by atoms with Crippen LogP contribution in [-0.2, 0) is 11.8 Å². The minimum Gasteiger partial charge on any atom is -0.484 e. The highest BCUT2D eigenvalue weighted by Crippen LogP contribution is 2.27. The fraction of sp³-hybridized carbons (Fsp3) is 0.269. The van der Waals surface area contributed by atoms with Crippen LogP contribution in [0.1, 0.15) is 24.6 Å². The fourth-order valence-corrected chi connectivity index (χ4v) is 4.48. The van der Waals surface area contributed by atoms with Crippen LogP contribution in [0.5, 0.6) is 5.75 Å². The van der Waals surface area contributed by atoms with E-state index >= 15 is 0 Å². The maximum absolute atomic E-state index is 12.9. The average Bonchev–Trinajstić information content (AvgIpc) is 3.17. The summed E-state index contributed by atoms with van der Waals surface area (Å²) in [4.78, 5) is 27.5. The maximum atomic E-state index is 12.9. The molecule has 1 aliphatic heterocycles. The van der Waals surface area contributed by atoms with Crippen molar-refractivity contribution in [1.29, 1.82) is 0 Å². The van der Waals surface area contributed by atoms with Gasteiger partial charge < -0.3 is 9.64 Å². The van der Waals surface area contributed by atoms with Crippen LogP contribution >= 0.6 is 0 Å². The van der Waals surface area contributed by atoms with E-state index in [9.17, 15) is 9.59 Å². The van der Waals surface area contributed by atoms with Crippen LogP contribution in [-0.4, -0.2) is 44.9 Å². The number of benzene rings is 3. The molecule has 1 amide bonds. The van der Waals surface area contributed by atoms with Crippen LogP contribution in [0.25, 0.3) is 16.5 Å². The van der Waals surface area contributed by atoms with Gasteiger partial charge in [0.1, 0.15) is 11.6 Å². The number of piperidine rings is 1. The Hall–Kier alpha value is -3.87. The molecule has 1 aromatic heterocycles. The number of likely N-dealkylation sites (tertiary alicyclic amines) is 1. The Bertz CT molecular complexity index is 1340. The Balaban J connectivity index is 1.30. The van der Waals surface area contributed by atoms with Gasteiger partial charge in [0.15, 0.2) is 6.61 Å². The molecule has 0 radical (unpaired) electrons. The molecule has 168 valence electrons. The number of amides is 1.